The fourth-order valence-corrected chi connectivity index (χ4v) is 1.94. The summed E-state index contributed by atoms with van der Waals surface area (Å²) in [6.07, 6.45) is 3.28. The molecule has 0 bridgehead atoms. The largest absolute Gasteiger partial charge is 0.381 e. The Kier molecular flexibility index (Phi) is 2.70. The molecule has 0 N–H and O–H groups in total. The molecule has 2 heterocycles. The molecule has 1 aromatic heterocycles. The molecular weight excluding hydrogens is 188 g/mol. The Morgan fingerprint density at radius 1 is 1.47 bits per heavy atom. The smallest absolute Gasteiger partial charge is 0.104 e. The first kappa shape index (κ1) is 10.1. The molecule has 0 spiro atoms. The van der Waals surface area contributed by atoms with Crippen molar-refractivity contribution in [2.45, 2.75) is 25.2 Å². The third-order valence-corrected chi connectivity index (χ3v) is 2.97. The van der Waals surface area contributed by atoms with Gasteiger partial charge in [0.1, 0.15) is 5.41 Å². The van der Waals surface area contributed by atoms with Crippen LogP contribution in [0.4, 0.5) is 0 Å². The minimum absolute atomic E-state index is 0.426. The lowest BCUT2D eigenvalue weighted by molar-refractivity contribution is 0.0663. The Morgan fingerprint density at radius 3 is 2.80 bits per heavy atom. The maximum atomic E-state index is 9.34. The van der Waals surface area contributed by atoms with Gasteiger partial charge in [0.25, 0.3) is 0 Å². The monoisotopic (exact) mass is 202 g/mol. The molecule has 0 aliphatic carbocycles. The second kappa shape index (κ2) is 4.00. The molecule has 78 valence electrons. The van der Waals surface area contributed by atoms with Crippen molar-refractivity contribution < 1.29 is 4.74 Å². The molecule has 1 aliphatic heterocycles. The van der Waals surface area contributed by atoms with Crippen molar-refractivity contribution in [3.63, 3.8) is 0 Å². The van der Waals surface area contributed by atoms with Gasteiger partial charge in [-0.2, -0.15) is 5.26 Å². The SMILES string of the molecule is Cc1ccnc(C2(C#N)CCOCC2)c1. The second-order valence-corrected chi connectivity index (χ2v) is 4.02. The first-order valence-corrected chi connectivity index (χ1v) is 5.19. The van der Waals surface area contributed by atoms with Gasteiger partial charge in [-0.15, -0.1) is 0 Å². The van der Waals surface area contributed by atoms with E-state index in [0.29, 0.717) is 13.2 Å². The Bertz CT molecular complexity index is 389. The van der Waals surface area contributed by atoms with Crippen molar-refractivity contribution in [3.05, 3.63) is 29.6 Å². The molecule has 1 aromatic rings. The maximum absolute atomic E-state index is 9.34. The van der Waals surface area contributed by atoms with Gasteiger partial charge in [0, 0.05) is 19.4 Å². The molecule has 0 radical (unpaired) electrons. The van der Waals surface area contributed by atoms with Crippen LogP contribution in [0.3, 0.4) is 0 Å². The van der Waals surface area contributed by atoms with Crippen LogP contribution in [0.25, 0.3) is 0 Å². The number of hydrogen-bond acceptors (Lipinski definition) is 3. The van der Waals surface area contributed by atoms with Crippen molar-refractivity contribution >= 4 is 0 Å². The van der Waals surface area contributed by atoms with E-state index < -0.39 is 5.41 Å². The minimum atomic E-state index is -0.426. The number of nitriles is 1. The van der Waals surface area contributed by atoms with Crippen LogP contribution in [0, 0.1) is 18.3 Å². The highest BCUT2D eigenvalue weighted by Gasteiger charge is 2.35. The summed E-state index contributed by atoms with van der Waals surface area (Å²) in [5.74, 6) is 0. The van der Waals surface area contributed by atoms with Crippen molar-refractivity contribution in [1.29, 1.82) is 5.26 Å². The summed E-state index contributed by atoms with van der Waals surface area (Å²) in [5.41, 5.74) is 1.62. The first-order chi connectivity index (χ1) is 7.27. The van der Waals surface area contributed by atoms with Crippen molar-refractivity contribution in [1.82, 2.24) is 4.98 Å². The van der Waals surface area contributed by atoms with Crippen molar-refractivity contribution in [2.75, 3.05) is 13.2 Å². The molecule has 1 fully saturated rings. The quantitative estimate of drug-likeness (QED) is 0.699. The third-order valence-electron chi connectivity index (χ3n) is 2.97. The lowest BCUT2D eigenvalue weighted by Crippen LogP contribution is -2.33. The third kappa shape index (κ3) is 1.86. The van der Waals surface area contributed by atoms with Gasteiger partial charge in [0.15, 0.2) is 0 Å². The number of aryl methyl sites for hydroxylation is 1. The van der Waals surface area contributed by atoms with Gasteiger partial charge in [-0.25, -0.2) is 0 Å². The topological polar surface area (TPSA) is 45.9 Å². The number of ether oxygens (including phenoxy) is 1. The lowest BCUT2D eigenvalue weighted by atomic mass is 9.78. The molecule has 0 unspecified atom stereocenters. The first-order valence-electron chi connectivity index (χ1n) is 5.19. The van der Waals surface area contributed by atoms with Crippen LogP contribution in [0.2, 0.25) is 0 Å². The minimum Gasteiger partial charge on any atom is -0.381 e. The Hall–Kier alpha value is -1.40. The molecule has 0 atom stereocenters. The zero-order chi connectivity index (χ0) is 10.7. The summed E-state index contributed by atoms with van der Waals surface area (Å²) in [6.45, 7) is 3.34. The summed E-state index contributed by atoms with van der Waals surface area (Å²) in [6, 6.07) is 6.38. The van der Waals surface area contributed by atoms with E-state index in [9.17, 15) is 5.26 Å². The highest BCUT2D eigenvalue weighted by atomic mass is 16.5. The number of rotatable bonds is 1. The van der Waals surface area contributed by atoms with Crippen LogP contribution in [-0.2, 0) is 10.2 Å². The molecule has 0 aromatic carbocycles. The molecule has 3 nitrogen and oxygen atoms in total. The molecular formula is C12H14N2O. The van der Waals surface area contributed by atoms with E-state index in [1.807, 2.05) is 19.1 Å². The Labute approximate surface area is 89.7 Å². The van der Waals surface area contributed by atoms with E-state index in [1.54, 1.807) is 6.20 Å². The van der Waals surface area contributed by atoms with E-state index in [-0.39, 0.29) is 0 Å². The number of pyridine rings is 1. The van der Waals surface area contributed by atoms with E-state index >= 15 is 0 Å². The molecule has 3 heteroatoms. The number of aromatic nitrogens is 1. The average Bonchev–Trinajstić information content (AvgIpc) is 2.30. The summed E-state index contributed by atoms with van der Waals surface area (Å²) in [5, 5.41) is 9.34. The van der Waals surface area contributed by atoms with Crippen LogP contribution in [0.1, 0.15) is 24.1 Å². The van der Waals surface area contributed by atoms with E-state index in [0.717, 1.165) is 24.1 Å². The van der Waals surface area contributed by atoms with E-state index in [1.165, 1.54) is 0 Å². The lowest BCUT2D eigenvalue weighted by Gasteiger charge is -2.30. The molecule has 0 amide bonds. The summed E-state index contributed by atoms with van der Waals surface area (Å²) in [4.78, 5) is 4.33. The number of nitrogens with zero attached hydrogens (tertiary/aromatic N) is 2. The normalized spacial score (nSPS) is 19.5. The summed E-state index contributed by atoms with van der Waals surface area (Å²) < 4.78 is 5.30. The highest BCUT2D eigenvalue weighted by molar-refractivity contribution is 5.29. The van der Waals surface area contributed by atoms with Gasteiger partial charge < -0.3 is 4.74 Å². The second-order valence-electron chi connectivity index (χ2n) is 4.02. The predicted molar refractivity (Wildman–Crippen MR) is 56.3 cm³/mol. The fourth-order valence-electron chi connectivity index (χ4n) is 1.94. The van der Waals surface area contributed by atoms with E-state index in [4.69, 9.17) is 4.74 Å². The zero-order valence-electron chi connectivity index (χ0n) is 8.86. The molecule has 2 rings (SSSR count). The molecule has 1 saturated heterocycles. The van der Waals surface area contributed by atoms with Crippen molar-refractivity contribution in [2.24, 2.45) is 0 Å². The Balaban J connectivity index is 2.37. The van der Waals surface area contributed by atoms with Gasteiger partial charge in [-0.05, 0) is 37.5 Å². The van der Waals surface area contributed by atoms with Gasteiger partial charge in [-0.1, -0.05) is 0 Å². The van der Waals surface area contributed by atoms with Crippen LogP contribution < -0.4 is 0 Å². The van der Waals surface area contributed by atoms with Gasteiger partial charge in [-0.3, -0.25) is 4.98 Å². The zero-order valence-corrected chi connectivity index (χ0v) is 8.86. The standard InChI is InChI=1S/C12H14N2O/c1-10-2-5-14-11(8-10)12(9-13)3-6-15-7-4-12/h2,5,8H,3-4,6-7H2,1H3. The molecule has 1 aliphatic rings. The van der Waals surface area contributed by atoms with Gasteiger partial charge >= 0.3 is 0 Å². The molecule has 15 heavy (non-hydrogen) atoms. The van der Waals surface area contributed by atoms with Crippen molar-refractivity contribution in [3.8, 4) is 6.07 Å². The van der Waals surface area contributed by atoms with Gasteiger partial charge in [0.2, 0.25) is 0 Å². The van der Waals surface area contributed by atoms with Crippen LogP contribution in [0.15, 0.2) is 18.3 Å². The van der Waals surface area contributed by atoms with Crippen LogP contribution >= 0.6 is 0 Å². The van der Waals surface area contributed by atoms with E-state index in [2.05, 4.69) is 11.1 Å². The van der Waals surface area contributed by atoms with Crippen LogP contribution in [0.5, 0.6) is 0 Å². The Morgan fingerprint density at radius 2 is 2.20 bits per heavy atom. The van der Waals surface area contributed by atoms with Crippen LogP contribution in [-0.4, -0.2) is 18.2 Å². The predicted octanol–water partition coefficient (Wildman–Crippen LogP) is 1.96. The summed E-state index contributed by atoms with van der Waals surface area (Å²) >= 11 is 0. The maximum Gasteiger partial charge on any atom is 0.104 e. The average molecular weight is 202 g/mol. The fraction of sp³-hybridized carbons (Fsp3) is 0.500. The number of hydrogen-bond donors (Lipinski definition) is 0. The highest BCUT2D eigenvalue weighted by Crippen LogP contribution is 2.32. The molecule has 0 saturated carbocycles. The summed E-state index contributed by atoms with van der Waals surface area (Å²) in [7, 11) is 0. The van der Waals surface area contributed by atoms with Gasteiger partial charge in [0.05, 0.1) is 11.8 Å².